The molecule has 1 unspecified atom stereocenters. The third-order valence-electron chi connectivity index (χ3n) is 4.40. The van der Waals surface area contributed by atoms with E-state index in [0.29, 0.717) is 11.3 Å². The molecular formula is C22H24N2O3. The number of hydrogen-bond donors (Lipinski definition) is 2. The van der Waals surface area contributed by atoms with Gasteiger partial charge in [0, 0.05) is 16.6 Å². The highest BCUT2D eigenvalue weighted by molar-refractivity contribution is 6.45. The number of aromatic amines is 1. The fourth-order valence-electron chi connectivity index (χ4n) is 3.16. The van der Waals surface area contributed by atoms with Crippen LogP contribution < -0.4 is 10.1 Å². The lowest BCUT2D eigenvalue weighted by atomic mass is 10.0. The van der Waals surface area contributed by atoms with Gasteiger partial charge in [-0.1, -0.05) is 30.3 Å². The summed E-state index contributed by atoms with van der Waals surface area (Å²) >= 11 is 0. The van der Waals surface area contributed by atoms with Crippen molar-refractivity contribution < 1.29 is 14.3 Å². The van der Waals surface area contributed by atoms with Crippen molar-refractivity contribution in [3.05, 3.63) is 65.4 Å². The zero-order valence-corrected chi connectivity index (χ0v) is 16.0. The molecule has 0 aliphatic heterocycles. The summed E-state index contributed by atoms with van der Waals surface area (Å²) in [7, 11) is 0. The second-order valence-electron chi connectivity index (χ2n) is 6.93. The second-order valence-corrected chi connectivity index (χ2v) is 6.93. The lowest BCUT2D eigenvalue weighted by Crippen LogP contribution is -2.33. The molecule has 5 heteroatoms. The molecule has 1 aromatic heterocycles. The molecule has 2 N–H and O–H groups in total. The summed E-state index contributed by atoms with van der Waals surface area (Å²) in [6.45, 7) is 7.57. The van der Waals surface area contributed by atoms with E-state index < -0.39 is 11.7 Å². The average Bonchev–Trinajstić information content (AvgIpc) is 2.96. The van der Waals surface area contributed by atoms with Crippen LogP contribution in [0.1, 0.15) is 48.4 Å². The van der Waals surface area contributed by atoms with E-state index in [1.54, 1.807) is 6.92 Å². The molecule has 0 fully saturated rings. The molecule has 0 aliphatic carbocycles. The van der Waals surface area contributed by atoms with Crippen LogP contribution in [0.25, 0.3) is 10.9 Å². The van der Waals surface area contributed by atoms with Crippen LogP contribution in [-0.4, -0.2) is 22.8 Å². The first kappa shape index (κ1) is 18.7. The smallest absolute Gasteiger partial charge is 0.292 e. The highest BCUT2D eigenvalue weighted by Gasteiger charge is 2.24. The number of nitrogens with one attached hydrogen (secondary N) is 2. The molecule has 3 rings (SSSR count). The SMILES string of the molecule is Cc1[nH]c2ccccc2c1C(=O)C(=O)NC(C)c1cccc(OC(C)C)c1. The predicted octanol–water partition coefficient (Wildman–Crippen LogP) is 4.32. The lowest BCUT2D eigenvalue weighted by molar-refractivity contribution is -0.117. The zero-order chi connectivity index (χ0) is 19.6. The van der Waals surface area contributed by atoms with Crippen molar-refractivity contribution in [3.8, 4) is 5.75 Å². The van der Waals surface area contributed by atoms with E-state index in [9.17, 15) is 9.59 Å². The van der Waals surface area contributed by atoms with Crippen LogP contribution >= 0.6 is 0 Å². The third-order valence-corrected chi connectivity index (χ3v) is 4.40. The molecule has 2 aromatic carbocycles. The van der Waals surface area contributed by atoms with E-state index in [0.717, 1.165) is 22.2 Å². The number of benzene rings is 2. The minimum atomic E-state index is -0.620. The normalized spacial score (nSPS) is 12.2. The van der Waals surface area contributed by atoms with Crippen LogP contribution in [-0.2, 0) is 4.79 Å². The van der Waals surface area contributed by atoms with Gasteiger partial charge in [-0.3, -0.25) is 9.59 Å². The van der Waals surface area contributed by atoms with E-state index >= 15 is 0 Å². The number of rotatable bonds is 6. The van der Waals surface area contributed by atoms with Gasteiger partial charge in [0.25, 0.3) is 11.7 Å². The number of Topliss-reactive ketones (excluding diaryl/α,β-unsaturated/α-hetero) is 1. The molecule has 1 atom stereocenters. The molecular weight excluding hydrogens is 340 g/mol. The molecule has 0 bridgehead atoms. The molecule has 27 heavy (non-hydrogen) atoms. The first-order valence-corrected chi connectivity index (χ1v) is 9.06. The molecule has 140 valence electrons. The largest absolute Gasteiger partial charge is 0.491 e. The summed E-state index contributed by atoms with van der Waals surface area (Å²) in [5.41, 5.74) is 2.84. The van der Waals surface area contributed by atoms with Gasteiger partial charge in [0.05, 0.1) is 17.7 Å². The number of ether oxygens (including phenoxy) is 1. The van der Waals surface area contributed by atoms with E-state index in [1.807, 2.05) is 69.3 Å². The number of aromatic nitrogens is 1. The monoisotopic (exact) mass is 364 g/mol. The first-order valence-electron chi connectivity index (χ1n) is 9.06. The van der Waals surface area contributed by atoms with Gasteiger partial charge in [0.15, 0.2) is 0 Å². The minimum absolute atomic E-state index is 0.0663. The van der Waals surface area contributed by atoms with Gasteiger partial charge in [-0.2, -0.15) is 0 Å². The Morgan fingerprint density at radius 3 is 2.52 bits per heavy atom. The Bertz CT molecular complexity index is 988. The number of ketones is 1. The van der Waals surface area contributed by atoms with Gasteiger partial charge in [-0.15, -0.1) is 0 Å². The summed E-state index contributed by atoms with van der Waals surface area (Å²) in [6.07, 6.45) is 0.0663. The average molecular weight is 364 g/mol. The first-order chi connectivity index (χ1) is 12.9. The van der Waals surface area contributed by atoms with Crippen LogP contribution in [0.4, 0.5) is 0 Å². The van der Waals surface area contributed by atoms with Crippen molar-refractivity contribution in [2.24, 2.45) is 0 Å². The molecule has 1 amide bonds. The number of para-hydroxylation sites is 1. The van der Waals surface area contributed by atoms with Gasteiger partial charge in [-0.05, 0) is 51.5 Å². The van der Waals surface area contributed by atoms with Gasteiger partial charge >= 0.3 is 0 Å². The number of aryl methyl sites for hydroxylation is 1. The maximum Gasteiger partial charge on any atom is 0.292 e. The van der Waals surface area contributed by atoms with Crippen molar-refractivity contribution in [2.45, 2.75) is 39.8 Å². The number of carbonyl (C=O) groups is 2. The fourth-order valence-corrected chi connectivity index (χ4v) is 3.16. The van der Waals surface area contributed by atoms with Gasteiger partial charge < -0.3 is 15.0 Å². The maximum absolute atomic E-state index is 12.8. The predicted molar refractivity (Wildman–Crippen MR) is 106 cm³/mol. The van der Waals surface area contributed by atoms with E-state index in [1.165, 1.54) is 0 Å². The van der Waals surface area contributed by atoms with E-state index in [2.05, 4.69) is 10.3 Å². The van der Waals surface area contributed by atoms with Crippen molar-refractivity contribution in [1.82, 2.24) is 10.3 Å². The number of hydrogen-bond acceptors (Lipinski definition) is 3. The number of carbonyl (C=O) groups excluding carboxylic acids is 2. The Hall–Kier alpha value is -3.08. The van der Waals surface area contributed by atoms with Crippen molar-refractivity contribution in [1.29, 1.82) is 0 Å². The summed E-state index contributed by atoms with van der Waals surface area (Å²) in [5.74, 6) is -0.417. The molecule has 1 heterocycles. The highest BCUT2D eigenvalue weighted by atomic mass is 16.5. The zero-order valence-electron chi connectivity index (χ0n) is 16.0. The minimum Gasteiger partial charge on any atom is -0.491 e. The van der Waals surface area contributed by atoms with Crippen molar-refractivity contribution in [3.63, 3.8) is 0 Å². The second kappa shape index (κ2) is 7.66. The molecule has 5 nitrogen and oxygen atoms in total. The highest BCUT2D eigenvalue weighted by Crippen LogP contribution is 2.23. The number of H-pyrrole nitrogens is 1. The molecule has 0 spiro atoms. The molecule has 0 saturated heterocycles. The van der Waals surface area contributed by atoms with Crippen molar-refractivity contribution >= 4 is 22.6 Å². The Labute approximate surface area is 158 Å². The Morgan fingerprint density at radius 1 is 1.04 bits per heavy atom. The van der Waals surface area contributed by atoms with Gasteiger partial charge in [0.1, 0.15) is 5.75 Å². The summed E-state index contributed by atoms with van der Waals surface area (Å²) in [4.78, 5) is 28.5. The van der Waals surface area contributed by atoms with Crippen molar-refractivity contribution in [2.75, 3.05) is 0 Å². The standard InChI is InChI=1S/C22H24N2O3/c1-13(2)27-17-9-7-8-16(12-17)14(3)24-22(26)21(25)20-15(4)23-19-11-6-5-10-18(19)20/h5-14,23H,1-4H3,(H,24,26). The summed E-state index contributed by atoms with van der Waals surface area (Å²) in [5, 5.41) is 3.56. The summed E-state index contributed by atoms with van der Waals surface area (Å²) in [6, 6.07) is 14.7. The molecule has 0 radical (unpaired) electrons. The Kier molecular flexibility index (Phi) is 5.31. The summed E-state index contributed by atoms with van der Waals surface area (Å²) < 4.78 is 5.70. The lowest BCUT2D eigenvalue weighted by Gasteiger charge is -2.16. The quantitative estimate of drug-likeness (QED) is 0.505. The Balaban J connectivity index is 1.78. The molecule has 0 saturated carbocycles. The Morgan fingerprint density at radius 2 is 1.78 bits per heavy atom. The van der Waals surface area contributed by atoms with Crippen LogP contribution in [0.15, 0.2) is 48.5 Å². The molecule has 3 aromatic rings. The van der Waals surface area contributed by atoms with E-state index in [-0.39, 0.29) is 12.1 Å². The number of amides is 1. The van der Waals surface area contributed by atoms with Gasteiger partial charge in [0.2, 0.25) is 0 Å². The van der Waals surface area contributed by atoms with Crippen LogP contribution in [0.2, 0.25) is 0 Å². The topological polar surface area (TPSA) is 71.2 Å². The fraction of sp³-hybridized carbons (Fsp3) is 0.273. The van der Waals surface area contributed by atoms with E-state index in [4.69, 9.17) is 4.74 Å². The van der Waals surface area contributed by atoms with Crippen LogP contribution in [0.3, 0.4) is 0 Å². The number of fused-ring (bicyclic) bond motifs is 1. The molecule has 0 aliphatic rings. The van der Waals surface area contributed by atoms with Crippen LogP contribution in [0.5, 0.6) is 5.75 Å². The van der Waals surface area contributed by atoms with Crippen LogP contribution in [0, 0.1) is 6.92 Å². The van der Waals surface area contributed by atoms with Gasteiger partial charge in [-0.25, -0.2) is 0 Å². The maximum atomic E-state index is 12.8. The third kappa shape index (κ3) is 4.03.